The molecule has 1 radical (unpaired) electrons. The number of nitrogens with zero attached hydrogens (tertiary/aromatic N) is 2. The number of carbonyl (C=O) groups is 1. The molecular weight excluding hydrogens is 168 g/mol. The molecule has 4 heteroatoms. The van der Waals surface area contributed by atoms with Crippen LogP contribution in [0.1, 0.15) is 26.6 Å². The number of hydrogen-bond acceptors (Lipinski definition) is 3. The molecule has 4 nitrogen and oxygen atoms in total. The van der Waals surface area contributed by atoms with E-state index in [0.29, 0.717) is 5.82 Å². The molecule has 0 bridgehead atoms. The third-order valence-corrected chi connectivity index (χ3v) is 1.31. The lowest BCUT2D eigenvalue weighted by Crippen LogP contribution is -2.27. The van der Waals surface area contributed by atoms with Gasteiger partial charge in [-0.25, -0.2) is 14.3 Å². The maximum Gasteiger partial charge on any atom is 0.419 e. The standard InChI is InChI=1S/C9H13N2O2/c1-7-10-5-6-11(7)8(12)13-9(2,3)4/h5-6H,1H2,2-4H3. The van der Waals surface area contributed by atoms with Crippen molar-refractivity contribution in [3.63, 3.8) is 0 Å². The molecule has 13 heavy (non-hydrogen) atoms. The van der Waals surface area contributed by atoms with E-state index in [1.165, 1.54) is 17.0 Å². The number of rotatable bonds is 0. The second kappa shape index (κ2) is 3.20. The number of carbonyl (C=O) groups excluding carboxylic acids is 1. The Kier molecular flexibility index (Phi) is 2.40. The molecule has 0 saturated heterocycles. The van der Waals surface area contributed by atoms with E-state index in [2.05, 4.69) is 11.9 Å². The molecular formula is C9H13N2O2. The van der Waals surface area contributed by atoms with Crippen LogP contribution in [0.2, 0.25) is 0 Å². The average Bonchev–Trinajstić information content (AvgIpc) is 2.30. The maximum absolute atomic E-state index is 11.4. The predicted molar refractivity (Wildman–Crippen MR) is 48.3 cm³/mol. The zero-order valence-electron chi connectivity index (χ0n) is 8.07. The number of ether oxygens (including phenoxy) is 1. The molecule has 0 atom stereocenters. The van der Waals surface area contributed by atoms with Crippen LogP contribution in [-0.4, -0.2) is 21.2 Å². The van der Waals surface area contributed by atoms with Crippen molar-refractivity contribution in [2.24, 2.45) is 0 Å². The van der Waals surface area contributed by atoms with Gasteiger partial charge in [-0.1, -0.05) is 0 Å². The molecule has 0 spiro atoms. The van der Waals surface area contributed by atoms with Crippen molar-refractivity contribution in [2.75, 3.05) is 0 Å². The molecule has 0 saturated carbocycles. The first-order valence-electron chi connectivity index (χ1n) is 3.99. The third kappa shape index (κ3) is 2.57. The van der Waals surface area contributed by atoms with Crippen molar-refractivity contribution < 1.29 is 9.53 Å². The average molecular weight is 181 g/mol. The van der Waals surface area contributed by atoms with Gasteiger partial charge in [0.15, 0.2) is 0 Å². The first-order valence-corrected chi connectivity index (χ1v) is 3.99. The van der Waals surface area contributed by atoms with Gasteiger partial charge in [-0.05, 0) is 20.8 Å². The van der Waals surface area contributed by atoms with Gasteiger partial charge in [-0.3, -0.25) is 0 Å². The fraction of sp³-hybridized carbons (Fsp3) is 0.444. The summed E-state index contributed by atoms with van der Waals surface area (Å²) in [6.45, 7) is 9.01. The van der Waals surface area contributed by atoms with E-state index in [9.17, 15) is 4.79 Å². The van der Waals surface area contributed by atoms with Crippen LogP contribution in [-0.2, 0) is 4.74 Å². The molecule has 0 fully saturated rings. The van der Waals surface area contributed by atoms with Gasteiger partial charge in [0.1, 0.15) is 11.4 Å². The topological polar surface area (TPSA) is 44.1 Å². The van der Waals surface area contributed by atoms with E-state index in [-0.39, 0.29) is 0 Å². The summed E-state index contributed by atoms with van der Waals surface area (Å²) in [6, 6.07) is 0. The molecule has 0 aliphatic heterocycles. The minimum Gasteiger partial charge on any atom is -0.443 e. The van der Waals surface area contributed by atoms with E-state index in [0.717, 1.165) is 0 Å². The first kappa shape index (κ1) is 9.77. The monoisotopic (exact) mass is 181 g/mol. The highest BCUT2D eigenvalue weighted by molar-refractivity contribution is 5.71. The largest absolute Gasteiger partial charge is 0.443 e. The van der Waals surface area contributed by atoms with Crippen molar-refractivity contribution in [3.8, 4) is 0 Å². The summed E-state index contributed by atoms with van der Waals surface area (Å²) in [6.07, 6.45) is 2.58. The molecule has 0 N–H and O–H groups in total. The van der Waals surface area contributed by atoms with Crippen molar-refractivity contribution in [1.82, 2.24) is 9.55 Å². The lowest BCUT2D eigenvalue weighted by atomic mass is 10.2. The molecule has 0 aliphatic rings. The molecule has 0 aromatic carbocycles. The van der Waals surface area contributed by atoms with Crippen LogP contribution in [0.3, 0.4) is 0 Å². The van der Waals surface area contributed by atoms with Crippen LogP contribution in [0.25, 0.3) is 0 Å². The van der Waals surface area contributed by atoms with Crippen LogP contribution < -0.4 is 0 Å². The number of hydrogen-bond donors (Lipinski definition) is 0. The summed E-state index contributed by atoms with van der Waals surface area (Å²) < 4.78 is 6.38. The zero-order chi connectivity index (χ0) is 10.1. The summed E-state index contributed by atoms with van der Waals surface area (Å²) in [5.74, 6) is 0.384. The van der Waals surface area contributed by atoms with Crippen molar-refractivity contribution in [3.05, 3.63) is 25.1 Å². The predicted octanol–water partition coefficient (Wildman–Crippen LogP) is 1.85. The Labute approximate surface area is 77.5 Å². The molecule has 1 aromatic heterocycles. The fourth-order valence-electron chi connectivity index (χ4n) is 0.812. The third-order valence-electron chi connectivity index (χ3n) is 1.31. The molecule has 0 aliphatic carbocycles. The number of aromatic nitrogens is 2. The summed E-state index contributed by atoms with van der Waals surface area (Å²) in [7, 11) is 0. The van der Waals surface area contributed by atoms with E-state index in [1.54, 1.807) is 0 Å². The zero-order valence-corrected chi connectivity index (χ0v) is 8.07. The maximum atomic E-state index is 11.4. The smallest absolute Gasteiger partial charge is 0.419 e. The minimum absolute atomic E-state index is 0.384. The summed E-state index contributed by atoms with van der Waals surface area (Å²) in [4.78, 5) is 15.2. The molecule has 1 rings (SSSR count). The van der Waals surface area contributed by atoms with Crippen LogP contribution in [0.15, 0.2) is 12.4 Å². The fourth-order valence-corrected chi connectivity index (χ4v) is 0.812. The summed E-state index contributed by atoms with van der Waals surface area (Å²) >= 11 is 0. The van der Waals surface area contributed by atoms with Crippen LogP contribution >= 0.6 is 0 Å². The Morgan fingerprint density at radius 1 is 1.62 bits per heavy atom. The van der Waals surface area contributed by atoms with Gasteiger partial charge in [0, 0.05) is 19.3 Å². The second-order valence-electron chi connectivity index (χ2n) is 3.69. The van der Waals surface area contributed by atoms with Crippen LogP contribution in [0, 0.1) is 6.92 Å². The van der Waals surface area contributed by atoms with E-state index in [1.807, 2.05) is 20.8 Å². The van der Waals surface area contributed by atoms with Gasteiger partial charge in [-0.2, -0.15) is 0 Å². The quantitative estimate of drug-likeness (QED) is 0.613. The lowest BCUT2D eigenvalue weighted by molar-refractivity contribution is 0.0535. The highest BCUT2D eigenvalue weighted by Gasteiger charge is 2.18. The second-order valence-corrected chi connectivity index (χ2v) is 3.69. The molecule has 0 unspecified atom stereocenters. The van der Waals surface area contributed by atoms with Gasteiger partial charge < -0.3 is 4.74 Å². The van der Waals surface area contributed by atoms with Crippen LogP contribution in [0.5, 0.6) is 0 Å². The highest BCUT2D eigenvalue weighted by atomic mass is 16.6. The lowest BCUT2D eigenvalue weighted by Gasteiger charge is -2.19. The van der Waals surface area contributed by atoms with E-state index in [4.69, 9.17) is 4.74 Å². The Hall–Kier alpha value is -1.32. The van der Waals surface area contributed by atoms with Gasteiger partial charge in [-0.15, -0.1) is 0 Å². The summed E-state index contributed by atoms with van der Waals surface area (Å²) in [5.41, 5.74) is -0.492. The van der Waals surface area contributed by atoms with Gasteiger partial charge >= 0.3 is 6.09 Å². The van der Waals surface area contributed by atoms with Gasteiger partial charge in [0.05, 0.1) is 0 Å². The van der Waals surface area contributed by atoms with E-state index < -0.39 is 11.7 Å². The normalized spacial score (nSPS) is 11.4. The molecule has 1 heterocycles. The molecule has 0 amide bonds. The van der Waals surface area contributed by atoms with E-state index >= 15 is 0 Å². The SMILES string of the molecule is [CH2]c1nccn1C(=O)OC(C)(C)C. The highest BCUT2D eigenvalue weighted by Crippen LogP contribution is 2.09. The first-order chi connectivity index (χ1) is 5.90. The molecule has 71 valence electrons. The Balaban J connectivity index is 2.76. The Morgan fingerprint density at radius 3 is 2.62 bits per heavy atom. The number of imidazole rings is 1. The van der Waals surface area contributed by atoms with Crippen molar-refractivity contribution in [1.29, 1.82) is 0 Å². The molecule has 1 aromatic rings. The Morgan fingerprint density at radius 2 is 2.23 bits per heavy atom. The minimum atomic E-state index is -0.492. The summed E-state index contributed by atoms with van der Waals surface area (Å²) in [5, 5.41) is 0. The van der Waals surface area contributed by atoms with Gasteiger partial charge in [0.25, 0.3) is 0 Å². The van der Waals surface area contributed by atoms with Gasteiger partial charge in [0.2, 0.25) is 0 Å². The van der Waals surface area contributed by atoms with Crippen molar-refractivity contribution in [2.45, 2.75) is 26.4 Å². The van der Waals surface area contributed by atoms with Crippen molar-refractivity contribution >= 4 is 6.09 Å². The Bertz CT molecular complexity index is 310. The van der Waals surface area contributed by atoms with Crippen LogP contribution in [0.4, 0.5) is 4.79 Å².